The third-order valence-corrected chi connectivity index (χ3v) is 3.43. The van der Waals surface area contributed by atoms with Crippen molar-refractivity contribution in [3.05, 3.63) is 71.4 Å². The summed E-state index contributed by atoms with van der Waals surface area (Å²) >= 11 is 0. The second-order valence-corrected chi connectivity index (χ2v) is 5.46. The summed E-state index contributed by atoms with van der Waals surface area (Å²) in [6.45, 7) is 1.85. The largest absolute Gasteiger partial charge is 0.494 e. The standard InChI is InChI=1S/C20H20N2O5/c1-2-27-16-10-8-14(9-11-16)12-17(20(26)21-13-18(23)24)22-19(25)15-6-4-3-5-7-15/h3-12H,2,13H2,1H3,(H,21,26)(H,22,25)(H,23,24). The average molecular weight is 368 g/mol. The van der Waals surface area contributed by atoms with Gasteiger partial charge in [0.2, 0.25) is 0 Å². The molecule has 0 aliphatic carbocycles. The lowest BCUT2D eigenvalue weighted by Crippen LogP contribution is -2.37. The minimum absolute atomic E-state index is 0.0609. The van der Waals surface area contributed by atoms with Gasteiger partial charge in [-0.15, -0.1) is 0 Å². The van der Waals surface area contributed by atoms with Crippen molar-refractivity contribution < 1.29 is 24.2 Å². The molecular weight excluding hydrogens is 348 g/mol. The van der Waals surface area contributed by atoms with Gasteiger partial charge in [-0.2, -0.15) is 0 Å². The molecule has 0 aromatic heterocycles. The molecular formula is C20H20N2O5. The zero-order valence-corrected chi connectivity index (χ0v) is 14.8. The van der Waals surface area contributed by atoms with Crippen LogP contribution >= 0.6 is 0 Å². The van der Waals surface area contributed by atoms with Crippen molar-refractivity contribution in [2.24, 2.45) is 0 Å². The number of carboxylic acids is 1. The fourth-order valence-electron chi connectivity index (χ4n) is 2.19. The van der Waals surface area contributed by atoms with Crippen molar-refractivity contribution >= 4 is 23.9 Å². The third kappa shape index (κ3) is 6.32. The molecule has 0 fully saturated rings. The summed E-state index contributed by atoms with van der Waals surface area (Å²) in [5.74, 6) is -1.67. The van der Waals surface area contributed by atoms with E-state index < -0.39 is 24.3 Å². The number of benzene rings is 2. The molecule has 0 saturated heterocycles. The van der Waals surface area contributed by atoms with Gasteiger partial charge in [0, 0.05) is 5.56 Å². The number of rotatable bonds is 8. The van der Waals surface area contributed by atoms with Crippen molar-refractivity contribution in [3.8, 4) is 5.75 Å². The molecule has 2 aromatic rings. The number of carboxylic acid groups (broad SMARTS) is 1. The Morgan fingerprint density at radius 1 is 1.04 bits per heavy atom. The molecule has 7 nitrogen and oxygen atoms in total. The highest BCUT2D eigenvalue weighted by Crippen LogP contribution is 2.14. The van der Waals surface area contributed by atoms with E-state index in [1.54, 1.807) is 54.6 Å². The zero-order valence-electron chi connectivity index (χ0n) is 14.8. The van der Waals surface area contributed by atoms with Crippen molar-refractivity contribution in [3.63, 3.8) is 0 Å². The topological polar surface area (TPSA) is 105 Å². The lowest BCUT2D eigenvalue weighted by atomic mass is 10.1. The molecule has 2 aromatic carbocycles. The summed E-state index contributed by atoms with van der Waals surface area (Å²) in [7, 11) is 0. The Balaban J connectivity index is 2.23. The maximum Gasteiger partial charge on any atom is 0.322 e. The van der Waals surface area contributed by atoms with Crippen molar-refractivity contribution in [2.75, 3.05) is 13.2 Å². The van der Waals surface area contributed by atoms with Crippen LogP contribution in [0, 0.1) is 0 Å². The molecule has 140 valence electrons. The van der Waals surface area contributed by atoms with E-state index in [-0.39, 0.29) is 5.70 Å². The van der Waals surface area contributed by atoms with Gasteiger partial charge in [0.25, 0.3) is 11.8 Å². The minimum atomic E-state index is -1.18. The molecule has 0 heterocycles. The number of carbonyl (C=O) groups excluding carboxylic acids is 2. The zero-order chi connectivity index (χ0) is 19.6. The highest BCUT2D eigenvalue weighted by molar-refractivity contribution is 6.05. The smallest absolute Gasteiger partial charge is 0.322 e. The third-order valence-electron chi connectivity index (χ3n) is 3.43. The van der Waals surface area contributed by atoms with E-state index in [0.717, 1.165) is 0 Å². The number of carbonyl (C=O) groups is 3. The van der Waals surface area contributed by atoms with Gasteiger partial charge in [-0.05, 0) is 42.8 Å². The molecule has 0 atom stereocenters. The van der Waals surface area contributed by atoms with Gasteiger partial charge in [0.1, 0.15) is 18.0 Å². The first-order valence-corrected chi connectivity index (χ1v) is 8.30. The average Bonchev–Trinajstić information content (AvgIpc) is 2.67. The quantitative estimate of drug-likeness (QED) is 0.619. The maximum atomic E-state index is 12.4. The molecule has 2 amide bonds. The first-order chi connectivity index (χ1) is 13.0. The van der Waals surface area contributed by atoms with Crippen LogP contribution in [0.4, 0.5) is 0 Å². The monoisotopic (exact) mass is 368 g/mol. The Labute approximate surface area is 156 Å². The first-order valence-electron chi connectivity index (χ1n) is 8.30. The summed E-state index contributed by atoms with van der Waals surface area (Å²) in [6, 6.07) is 15.3. The van der Waals surface area contributed by atoms with E-state index in [1.165, 1.54) is 6.08 Å². The molecule has 0 aliphatic heterocycles. The molecule has 0 radical (unpaired) electrons. The summed E-state index contributed by atoms with van der Waals surface area (Å²) < 4.78 is 5.37. The summed E-state index contributed by atoms with van der Waals surface area (Å²) in [5, 5.41) is 13.5. The van der Waals surface area contributed by atoms with E-state index >= 15 is 0 Å². The van der Waals surface area contributed by atoms with Gasteiger partial charge in [-0.25, -0.2) is 0 Å². The van der Waals surface area contributed by atoms with Crippen LogP contribution in [0.1, 0.15) is 22.8 Å². The molecule has 27 heavy (non-hydrogen) atoms. The Morgan fingerprint density at radius 3 is 2.30 bits per heavy atom. The number of amides is 2. The van der Waals surface area contributed by atoms with E-state index in [1.807, 2.05) is 6.92 Å². The molecule has 7 heteroatoms. The molecule has 0 aliphatic rings. The van der Waals surface area contributed by atoms with Gasteiger partial charge in [0.05, 0.1) is 6.61 Å². The Morgan fingerprint density at radius 2 is 1.70 bits per heavy atom. The first kappa shape index (κ1) is 19.7. The highest BCUT2D eigenvalue weighted by atomic mass is 16.5. The van der Waals surface area contributed by atoms with E-state index in [4.69, 9.17) is 9.84 Å². The Bertz CT molecular complexity index is 829. The molecule has 3 N–H and O–H groups in total. The molecule has 0 saturated carbocycles. The van der Waals surface area contributed by atoms with E-state index in [0.29, 0.717) is 23.5 Å². The van der Waals surface area contributed by atoms with Crippen LogP contribution in [0.5, 0.6) is 5.75 Å². The number of nitrogens with one attached hydrogen (secondary N) is 2. The summed E-state index contributed by atoms with van der Waals surface area (Å²) in [5.41, 5.74) is 0.961. The van der Waals surface area contributed by atoms with Crippen LogP contribution in [-0.4, -0.2) is 36.0 Å². The molecule has 0 bridgehead atoms. The summed E-state index contributed by atoms with van der Waals surface area (Å²) in [6.07, 6.45) is 1.47. The Kier molecular flexibility index (Phi) is 7.13. The van der Waals surface area contributed by atoms with Crippen LogP contribution in [0.2, 0.25) is 0 Å². The second kappa shape index (κ2) is 9.76. The van der Waals surface area contributed by atoms with Crippen molar-refractivity contribution in [2.45, 2.75) is 6.92 Å². The second-order valence-electron chi connectivity index (χ2n) is 5.46. The van der Waals surface area contributed by atoms with Gasteiger partial charge < -0.3 is 20.5 Å². The number of hydrogen-bond donors (Lipinski definition) is 3. The number of ether oxygens (including phenoxy) is 1. The SMILES string of the molecule is CCOc1ccc(C=C(NC(=O)c2ccccc2)C(=O)NCC(=O)O)cc1. The van der Waals surface area contributed by atoms with Crippen molar-refractivity contribution in [1.29, 1.82) is 0 Å². The van der Waals surface area contributed by atoms with Gasteiger partial charge in [-0.1, -0.05) is 30.3 Å². The van der Waals surface area contributed by atoms with Gasteiger partial charge in [0.15, 0.2) is 0 Å². The fourth-order valence-corrected chi connectivity index (χ4v) is 2.19. The lowest BCUT2D eigenvalue weighted by molar-refractivity contribution is -0.137. The lowest BCUT2D eigenvalue weighted by Gasteiger charge is -2.10. The van der Waals surface area contributed by atoms with Crippen LogP contribution in [-0.2, 0) is 9.59 Å². The van der Waals surface area contributed by atoms with E-state index in [9.17, 15) is 14.4 Å². The molecule has 0 unspecified atom stereocenters. The number of hydrogen-bond acceptors (Lipinski definition) is 4. The highest BCUT2D eigenvalue weighted by Gasteiger charge is 2.15. The Hall–Kier alpha value is -3.61. The minimum Gasteiger partial charge on any atom is -0.494 e. The molecule has 0 spiro atoms. The van der Waals surface area contributed by atoms with Gasteiger partial charge in [-0.3, -0.25) is 14.4 Å². The van der Waals surface area contributed by atoms with E-state index in [2.05, 4.69) is 10.6 Å². The molecule has 2 rings (SSSR count). The van der Waals surface area contributed by atoms with Crippen LogP contribution in [0.25, 0.3) is 6.08 Å². The van der Waals surface area contributed by atoms with Gasteiger partial charge >= 0.3 is 5.97 Å². The summed E-state index contributed by atoms with van der Waals surface area (Å²) in [4.78, 5) is 35.4. The maximum absolute atomic E-state index is 12.4. The van der Waals surface area contributed by atoms with Crippen molar-refractivity contribution in [1.82, 2.24) is 10.6 Å². The normalized spacial score (nSPS) is 10.8. The number of aliphatic carboxylic acids is 1. The van der Waals surface area contributed by atoms with Crippen LogP contribution in [0.15, 0.2) is 60.3 Å². The fraction of sp³-hybridized carbons (Fsp3) is 0.150. The predicted octanol–water partition coefficient (Wildman–Crippen LogP) is 2.06. The van der Waals surface area contributed by atoms with Crippen LogP contribution < -0.4 is 15.4 Å². The van der Waals surface area contributed by atoms with Crippen LogP contribution in [0.3, 0.4) is 0 Å². The predicted molar refractivity (Wildman–Crippen MR) is 100 cm³/mol.